The van der Waals surface area contributed by atoms with Crippen LogP contribution < -0.4 is 5.32 Å². The lowest BCUT2D eigenvalue weighted by Crippen LogP contribution is -2.22. The van der Waals surface area contributed by atoms with Gasteiger partial charge in [-0.3, -0.25) is 9.55 Å². The van der Waals surface area contributed by atoms with E-state index in [0.717, 1.165) is 33.8 Å². The summed E-state index contributed by atoms with van der Waals surface area (Å²) in [7, 11) is 0. The zero-order valence-electron chi connectivity index (χ0n) is 26.6. The number of para-hydroxylation sites is 2. The first kappa shape index (κ1) is 27.6. The number of fused-ring (bicyclic) bond motifs is 7. The lowest BCUT2D eigenvalue weighted by atomic mass is 9.78. The molecule has 0 bridgehead atoms. The Hall–Kier alpha value is -6.52. The van der Waals surface area contributed by atoms with Crippen LogP contribution in [0, 0.1) is 0 Å². The number of nitrogens with zero attached hydrogens (tertiary/aromatic N) is 3. The van der Waals surface area contributed by atoms with E-state index in [1.807, 2.05) is 30.5 Å². The number of hydrogen-bond acceptors (Lipinski definition) is 3. The summed E-state index contributed by atoms with van der Waals surface area (Å²) in [6.07, 6.45) is 6.38. The number of aromatic nitrogens is 3. The van der Waals surface area contributed by atoms with Crippen LogP contribution in [0.1, 0.15) is 28.3 Å². The normalized spacial score (nSPS) is 14.7. The molecule has 0 saturated carbocycles. The Morgan fingerprint density at radius 3 is 2.18 bits per heavy atom. The van der Waals surface area contributed by atoms with E-state index in [9.17, 15) is 0 Å². The molecule has 1 unspecified atom stereocenters. The highest BCUT2D eigenvalue weighted by atomic mass is 15.1. The Balaban J connectivity index is 1.05. The van der Waals surface area contributed by atoms with Crippen LogP contribution in [0.4, 0.5) is 5.69 Å². The van der Waals surface area contributed by atoms with Gasteiger partial charge in [0, 0.05) is 22.8 Å². The number of anilines is 1. The second-order valence-electron chi connectivity index (χ2n) is 12.7. The van der Waals surface area contributed by atoms with Gasteiger partial charge in [0.2, 0.25) is 0 Å². The maximum Gasteiger partial charge on any atom is 0.164 e. The molecule has 0 saturated heterocycles. The predicted molar refractivity (Wildman–Crippen MR) is 202 cm³/mol. The molecule has 0 fully saturated rings. The van der Waals surface area contributed by atoms with Crippen molar-refractivity contribution >= 4 is 39.1 Å². The molecule has 4 heteroatoms. The van der Waals surface area contributed by atoms with Gasteiger partial charge in [-0.05, 0) is 80.7 Å². The summed E-state index contributed by atoms with van der Waals surface area (Å²) >= 11 is 0. The van der Waals surface area contributed by atoms with Gasteiger partial charge < -0.3 is 5.32 Å². The Labute approximate surface area is 284 Å². The molecular weight excluding hydrogens is 597 g/mol. The van der Waals surface area contributed by atoms with Gasteiger partial charge >= 0.3 is 0 Å². The van der Waals surface area contributed by atoms with Crippen molar-refractivity contribution in [3.05, 3.63) is 192 Å². The van der Waals surface area contributed by atoms with Crippen molar-refractivity contribution in [2.45, 2.75) is 6.04 Å². The van der Waals surface area contributed by atoms with E-state index in [4.69, 9.17) is 4.98 Å². The standard InChI is InChI=1S/C45H30N4/c1-3-11-35-31(9-1)22-26-37-42(38-27-23-32-10-2-4-12-36(32)44(38)48-43(35)37)33-18-16-29(17-19-33)30-20-24-34(25-21-30)49-41-15-6-5-13-39(41)47-45(49)40-14-7-8-28-46-40/h1-28,43,48H. The summed E-state index contributed by atoms with van der Waals surface area (Å²) < 4.78 is 2.20. The molecule has 0 spiro atoms. The summed E-state index contributed by atoms with van der Waals surface area (Å²) in [6.45, 7) is 0. The van der Waals surface area contributed by atoms with Crippen molar-refractivity contribution in [3.63, 3.8) is 0 Å². The Kier molecular flexibility index (Phi) is 6.21. The molecule has 6 aromatic carbocycles. The van der Waals surface area contributed by atoms with Crippen molar-refractivity contribution in [2.75, 3.05) is 5.32 Å². The molecule has 230 valence electrons. The average Bonchev–Trinajstić information content (AvgIpc) is 3.57. The van der Waals surface area contributed by atoms with Gasteiger partial charge in [0.15, 0.2) is 5.82 Å². The number of imidazole rings is 1. The second-order valence-corrected chi connectivity index (χ2v) is 12.7. The van der Waals surface area contributed by atoms with Gasteiger partial charge in [-0.2, -0.15) is 0 Å². The monoisotopic (exact) mass is 626 g/mol. The van der Waals surface area contributed by atoms with Crippen LogP contribution in [0.25, 0.3) is 61.8 Å². The van der Waals surface area contributed by atoms with E-state index in [0.29, 0.717) is 0 Å². The van der Waals surface area contributed by atoms with Gasteiger partial charge in [-0.15, -0.1) is 0 Å². The summed E-state index contributed by atoms with van der Waals surface area (Å²) in [4.78, 5) is 9.57. The minimum Gasteiger partial charge on any atom is -0.373 e. The summed E-state index contributed by atoms with van der Waals surface area (Å²) in [5, 5.41) is 6.45. The fourth-order valence-electron chi connectivity index (χ4n) is 7.60. The van der Waals surface area contributed by atoms with Crippen LogP contribution in [0.2, 0.25) is 0 Å². The summed E-state index contributed by atoms with van der Waals surface area (Å²) in [6, 6.07) is 54.0. The van der Waals surface area contributed by atoms with Gasteiger partial charge in [-0.25, -0.2) is 4.98 Å². The van der Waals surface area contributed by atoms with Crippen molar-refractivity contribution in [2.24, 2.45) is 0 Å². The smallest absolute Gasteiger partial charge is 0.164 e. The third-order valence-corrected chi connectivity index (χ3v) is 9.92. The molecule has 0 amide bonds. The van der Waals surface area contributed by atoms with Crippen LogP contribution in [0.5, 0.6) is 0 Å². The predicted octanol–water partition coefficient (Wildman–Crippen LogP) is 10.9. The number of nitrogens with one attached hydrogen (secondary N) is 1. The number of benzene rings is 6. The Morgan fingerprint density at radius 2 is 1.33 bits per heavy atom. The topological polar surface area (TPSA) is 42.7 Å². The zero-order valence-corrected chi connectivity index (χ0v) is 26.6. The van der Waals surface area contributed by atoms with E-state index in [-0.39, 0.29) is 6.04 Å². The van der Waals surface area contributed by atoms with Crippen molar-refractivity contribution in [1.29, 1.82) is 0 Å². The second kappa shape index (κ2) is 11.0. The van der Waals surface area contributed by atoms with Gasteiger partial charge in [0.05, 0.1) is 22.8 Å². The van der Waals surface area contributed by atoms with Crippen molar-refractivity contribution < 1.29 is 0 Å². The molecule has 1 N–H and O–H groups in total. The van der Waals surface area contributed by atoms with E-state index in [1.54, 1.807) is 0 Å². The first-order valence-electron chi connectivity index (χ1n) is 16.7. The fraction of sp³-hybridized carbons (Fsp3) is 0.0222. The molecule has 49 heavy (non-hydrogen) atoms. The summed E-state index contributed by atoms with van der Waals surface area (Å²) in [5.41, 5.74) is 15.1. The van der Waals surface area contributed by atoms with Crippen molar-refractivity contribution in [3.8, 4) is 28.3 Å². The first-order chi connectivity index (χ1) is 24.3. The maximum atomic E-state index is 4.95. The molecule has 0 radical (unpaired) electrons. The number of hydrogen-bond donors (Lipinski definition) is 1. The van der Waals surface area contributed by atoms with Crippen LogP contribution in [-0.2, 0) is 0 Å². The molecule has 1 aliphatic heterocycles. The molecule has 3 heterocycles. The highest BCUT2D eigenvalue weighted by molar-refractivity contribution is 6.05. The first-order valence-corrected chi connectivity index (χ1v) is 16.7. The average molecular weight is 627 g/mol. The molecule has 8 aromatic rings. The molecule has 4 nitrogen and oxygen atoms in total. The van der Waals surface area contributed by atoms with Crippen LogP contribution >= 0.6 is 0 Å². The van der Waals surface area contributed by atoms with E-state index < -0.39 is 0 Å². The van der Waals surface area contributed by atoms with E-state index in [1.165, 1.54) is 55.4 Å². The summed E-state index contributed by atoms with van der Waals surface area (Å²) in [5.74, 6) is 0.834. The third-order valence-electron chi connectivity index (χ3n) is 9.92. The molecule has 2 aliphatic rings. The van der Waals surface area contributed by atoms with Crippen LogP contribution in [-0.4, -0.2) is 14.5 Å². The van der Waals surface area contributed by atoms with Crippen LogP contribution in [0.3, 0.4) is 0 Å². The lowest BCUT2D eigenvalue weighted by molar-refractivity contribution is 0.920. The quantitative estimate of drug-likeness (QED) is 0.211. The number of pyridine rings is 1. The molecule has 1 atom stereocenters. The molecular formula is C45H30N4. The Morgan fingerprint density at radius 1 is 0.592 bits per heavy atom. The number of rotatable bonds is 4. The Bertz CT molecular complexity index is 2610. The zero-order chi connectivity index (χ0) is 32.3. The maximum absolute atomic E-state index is 4.95. The van der Waals surface area contributed by atoms with Crippen molar-refractivity contribution in [1.82, 2.24) is 14.5 Å². The third kappa shape index (κ3) is 4.45. The highest BCUT2D eigenvalue weighted by Gasteiger charge is 2.31. The minimum atomic E-state index is 0.0805. The van der Waals surface area contributed by atoms with Gasteiger partial charge in [0.1, 0.15) is 5.69 Å². The largest absolute Gasteiger partial charge is 0.373 e. The van der Waals surface area contributed by atoms with Gasteiger partial charge in [0.25, 0.3) is 0 Å². The van der Waals surface area contributed by atoms with E-state index >= 15 is 0 Å². The highest BCUT2D eigenvalue weighted by Crippen LogP contribution is 2.49. The van der Waals surface area contributed by atoms with E-state index in [2.05, 4.69) is 154 Å². The fourth-order valence-corrected chi connectivity index (χ4v) is 7.60. The van der Waals surface area contributed by atoms with Crippen LogP contribution in [0.15, 0.2) is 170 Å². The minimum absolute atomic E-state index is 0.0805. The lowest BCUT2D eigenvalue weighted by Gasteiger charge is -2.35. The molecule has 1 aliphatic carbocycles. The van der Waals surface area contributed by atoms with Gasteiger partial charge in [-0.1, -0.05) is 127 Å². The molecule has 2 aromatic heterocycles. The SMILES string of the molecule is C1=Cc2ccccc2C2Nc3c(ccc4ccccc34)C(c3ccc(-c4ccc(-n5c(-c6ccccn6)nc6ccccc65)cc4)cc3)=C12. The molecule has 10 rings (SSSR count).